The average molecular weight is 443 g/mol. The molecule has 4 rings (SSSR count). The summed E-state index contributed by atoms with van der Waals surface area (Å²) in [6.45, 7) is 9.96. The predicted octanol–water partition coefficient (Wildman–Crippen LogP) is 6.38. The molecule has 174 valence electrons. The van der Waals surface area contributed by atoms with E-state index in [4.69, 9.17) is 4.98 Å². The Morgan fingerprint density at radius 2 is 1.52 bits per heavy atom. The molecule has 33 heavy (non-hydrogen) atoms. The van der Waals surface area contributed by atoms with Crippen LogP contribution in [0.25, 0.3) is 21.8 Å². The van der Waals surface area contributed by atoms with Crippen LogP contribution in [-0.2, 0) is 13.0 Å². The van der Waals surface area contributed by atoms with Gasteiger partial charge in [-0.3, -0.25) is 0 Å². The number of pyridine rings is 1. The van der Waals surface area contributed by atoms with Crippen LogP contribution in [0, 0.1) is 0 Å². The fraction of sp³-hybridized carbons (Fsp3) is 0.414. The van der Waals surface area contributed by atoms with E-state index >= 15 is 0 Å². The fourth-order valence-corrected chi connectivity index (χ4v) is 4.91. The van der Waals surface area contributed by atoms with Crippen LogP contribution in [0.2, 0.25) is 0 Å². The van der Waals surface area contributed by atoms with Crippen LogP contribution in [0.15, 0.2) is 66.9 Å². The topological polar surface area (TPSA) is 24.3 Å². The molecule has 2 aromatic carbocycles. The summed E-state index contributed by atoms with van der Waals surface area (Å²) < 4.78 is 2.50. The molecule has 0 fully saturated rings. The molecular formula is C29H38N4. The van der Waals surface area contributed by atoms with Crippen molar-refractivity contribution in [1.82, 2.24) is 14.5 Å². The van der Waals surface area contributed by atoms with Crippen LogP contribution in [0.3, 0.4) is 0 Å². The van der Waals surface area contributed by atoms with E-state index in [1.165, 1.54) is 46.8 Å². The molecule has 4 heteroatoms. The molecule has 0 amide bonds. The number of benzene rings is 2. The first-order valence-electron chi connectivity index (χ1n) is 12.6. The van der Waals surface area contributed by atoms with E-state index in [2.05, 4.69) is 95.9 Å². The maximum atomic E-state index is 4.87. The third kappa shape index (κ3) is 5.39. The van der Waals surface area contributed by atoms with Crippen LogP contribution < -0.4 is 4.90 Å². The summed E-state index contributed by atoms with van der Waals surface area (Å²) in [4.78, 5) is 9.73. The molecule has 0 spiro atoms. The molecule has 0 N–H and O–H groups in total. The summed E-state index contributed by atoms with van der Waals surface area (Å²) in [5, 5.41) is 2.64. The second kappa shape index (κ2) is 11.3. The van der Waals surface area contributed by atoms with E-state index < -0.39 is 0 Å². The number of hydrogen-bond acceptors (Lipinski definition) is 3. The minimum Gasteiger partial charge on any atom is -0.358 e. The summed E-state index contributed by atoms with van der Waals surface area (Å²) in [5.74, 6) is 1.10. The molecule has 4 nitrogen and oxygen atoms in total. The quantitative estimate of drug-likeness (QED) is 0.238. The number of aryl methyl sites for hydroxylation is 2. The molecule has 0 aliphatic carbocycles. The highest BCUT2D eigenvalue weighted by atomic mass is 15.2. The average Bonchev–Trinajstić information content (AvgIpc) is 3.18. The molecule has 0 saturated heterocycles. The molecule has 0 radical (unpaired) electrons. The molecule has 4 aromatic rings. The van der Waals surface area contributed by atoms with E-state index in [-0.39, 0.29) is 0 Å². The number of fused-ring (bicyclic) bond motifs is 3. The van der Waals surface area contributed by atoms with Gasteiger partial charge in [0.2, 0.25) is 0 Å². The first-order chi connectivity index (χ1) is 16.2. The van der Waals surface area contributed by atoms with E-state index in [0.717, 1.165) is 44.8 Å². The van der Waals surface area contributed by atoms with Crippen LogP contribution in [0.5, 0.6) is 0 Å². The van der Waals surface area contributed by atoms with Crippen LogP contribution in [0.4, 0.5) is 5.82 Å². The van der Waals surface area contributed by atoms with Gasteiger partial charge in [0.1, 0.15) is 0 Å². The molecule has 0 unspecified atom stereocenters. The van der Waals surface area contributed by atoms with Gasteiger partial charge in [-0.15, -0.1) is 0 Å². The third-order valence-corrected chi connectivity index (χ3v) is 6.82. The van der Waals surface area contributed by atoms with E-state index in [0.29, 0.717) is 0 Å². The molecule has 0 saturated carbocycles. The van der Waals surface area contributed by atoms with Crippen molar-refractivity contribution in [3.05, 3.63) is 72.4 Å². The number of aromatic nitrogens is 2. The Labute approximate surface area is 198 Å². The highest BCUT2D eigenvalue weighted by Gasteiger charge is 2.17. The lowest BCUT2D eigenvalue weighted by atomic mass is 10.1. The first kappa shape index (κ1) is 23.3. The SMILES string of the molecule is CCN(CC)CCCCN(C)c1nccc2c3ccccc3n(CCCc3ccccc3)c12. The number of para-hydroxylation sites is 1. The van der Waals surface area contributed by atoms with Crippen molar-refractivity contribution in [2.24, 2.45) is 0 Å². The molecule has 0 bridgehead atoms. The molecule has 0 atom stereocenters. The zero-order chi connectivity index (χ0) is 23.0. The Kier molecular flexibility index (Phi) is 8.01. The van der Waals surface area contributed by atoms with Crippen molar-refractivity contribution in [2.75, 3.05) is 38.1 Å². The first-order valence-corrected chi connectivity index (χ1v) is 12.6. The van der Waals surface area contributed by atoms with Crippen molar-refractivity contribution < 1.29 is 0 Å². The second-order valence-corrected chi connectivity index (χ2v) is 8.94. The number of rotatable bonds is 12. The van der Waals surface area contributed by atoms with E-state index in [1.807, 2.05) is 6.20 Å². The lowest BCUT2D eigenvalue weighted by molar-refractivity contribution is 0.297. The summed E-state index contributed by atoms with van der Waals surface area (Å²) >= 11 is 0. The zero-order valence-electron chi connectivity index (χ0n) is 20.5. The van der Waals surface area contributed by atoms with Gasteiger partial charge < -0.3 is 14.4 Å². The second-order valence-electron chi connectivity index (χ2n) is 8.94. The molecule has 2 heterocycles. The van der Waals surface area contributed by atoms with Crippen LogP contribution in [-0.4, -0.2) is 47.7 Å². The van der Waals surface area contributed by atoms with Crippen molar-refractivity contribution in [3.8, 4) is 0 Å². The Bertz CT molecular complexity index is 1140. The van der Waals surface area contributed by atoms with Gasteiger partial charge in [0.25, 0.3) is 0 Å². The largest absolute Gasteiger partial charge is 0.358 e. The lowest BCUT2D eigenvalue weighted by Crippen LogP contribution is -2.26. The summed E-state index contributed by atoms with van der Waals surface area (Å²) in [6, 6.07) is 21.8. The van der Waals surface area contributed by atoms with Gasteiger partial charge in [-0.2, -0.15) is 0 Å². The lowest BCUT2D eigenvalue weighted by Gasteiger charge is -2.22. The Morgan fingerprint density at radius 3 is 2.30 bits per heavy atom. The van der Waals surface area contributed by atoms with Gasteiger partial charge in [-0.25, -0.2) is 4.98 Å². The minimum absolute atomic E-state index is 0.993. The van der Waals surface area contributed by atoms with Gasteiger partial charge in [0, 0.05) is 42.6 Å². The number of nitrogens with zero attached hydrogens (tertiary/aromatic N) is 4. The smallest absolute Gasteiger partial charge is 0.152 e. The van der Waals surface area contributed by atoms with Crippen LogP contribution in [0.1, 0.15) is 38.7 Å². The van der Waals surface area contributed by atoms with E-state index in [9.17, 15) is 0 Å². The minimum atomic E-state index is 0.993. The van der Waals surface area contributed by atoms with Gasteiger partial charge in [-0.05, 0) is 63.0 Å². The molecule has 0 aliphatic rings. The van der Waals surface area contributed by atoms with Crippen molar-refractivity contribution in [3.63, 3.8) is 0 Å². The van der Waals surface area contributed by atoms with Crippen molar-refractivity contribution >= 4 is 27.6 Å². The maximum absolute atomic E-state index is 4.87. The number of anilines is 1. The monoisotopic (exact) mass is 442 g/mol. The van der Waals surface area contributed by atoms with Gasteiger partial charge >= 0.3 is 0 Å². The third-order valence-electron chi connectivity index (χ3n) is 6.82. The van der Waals surface area contributed by atoms with Gasteiger partial charge in [0.15, 0.2) is 5.82 Å². The van der Waals surface area contributed by atoms with E-state index in [1.54, 1.807) is 0 Å². The Hall–Kier alpha value is -2.85. The highest BCUT2D eigenvalue weighted by Crippen LogP contribution is 2.34. The zero-order valence-corrected chi connectivity index (χ0v) is 20.5. The van der Waals surface area contributed by atoms with Gasteiger partial charge in [-0.1, -0.05) is 62.4 Å². The standard InChI is InChI=1S/C29H38N4/c1-4-32(5-2)22-12-11-21-31(3)29-28-26(19-20-30-29)25-17-9-10-18-27(25)33(28)23-13-16-24-14-7-6-8-15-24/h6-10,14-15,17-20H,4-5,11-13,16,21-23H2,1-3H3. The van der Waals surface area contributed by atoms with Crippen LogP contribution >= 0.6 is 0 Å². The number of unbranched alkanes of at least 4 members (excludes halogenated alkanes) is 1. The Balaban J connectivity index is 1.57. The summed E-state index contributed by atoms with van der Waals surface area (Å²) in [6.07, 6.45) is 6.58. The normalized spacial score (nSPS) is 11.6. The molecule has 0 aliphatic heterocycles. The highest BCUT2D eigenvalue weighted by molar-refractivity contribution is 6.11. The predicted molar refractivity (Wildman–Crippen MR) is 142 cm³/mol. The molecular weight excluding hydrogens is 404 g/mol. The van der Waals surface area contributed by atoms with Crippen molar-refractivity contribution in [2.45, 2.75) is 46.1 Å². The summed E-state index contributed by atoms with van der Waals surface area (Å²) in [5.41, 5.74) is 3.99. The van der Waals surface area contributed by atoms with Gasteiger partial charge in [0.05, 0.1) is 5.52 Å². The summed E-state index contributed by atoms with van der Waals surface area (Å²) in [7, 11) is 2.20. The molecule has 2 aromatic heterocycles. The van der Waals surface area contributed by atoms with Crippen molar-refractivity contribution in [1.29, 1.82) is 0 Å². The number of hydrogen-bond donors (Lipinski definition) is 0. The maximum Gasteiger partial charge on any atom is 0.152 e. The fourth-order valence-electron chi connectivity index (χ4n) is 4.91. The Morgan fingerprint density at radius 1 is 0.788 bits per heavy atom.